The molecular weight excluding hydrogens is 427 g/mol. The lowest BCUT2D eigenvalue weighted by Gasteiger charge is -2.17. The number of fused-ring (bicyclic) bond motifs is 1. The summed E-state index contributed by atoms with van der Waals surface area (Å²) >= 11 is 0. The highest BCUT2D eigenvalue weighted by atomic mass is 19.1. The standard InChI is InChI=1S/C24H21FN4O4/c1-14-12-15(2)26-22-21(14)23(31)28(13-20(30)27-17-10-8-16(25)9-11-17)24(32)29(22)18-6-4-5-7-19(18)33-3/h4-12H,13H2,1-3H3,(H,27,30). The smallest absolute Gasteiger partial charge is 0.337 e. The van der Waals surface area contributed by atoms with Gasteiger partial charge in [-0.05, 0) is 61.9 Å². The van der Waals surface area contributed by atoms with Crippen molar-refractivity contribution in [3.05, 3.63) is 92.5 Å². The Morgan fingerprint density at radius 3 is 2.48 bits per heavy atom. The van der Waals surface area contributed by atoms with Gasteiger partial charge in [-0.25, -0.2) is 23.3 Å². The number of para-hydroxylation sites is 2. The first kappa shape index (κ1) is 21.9. The minimum atomic E-state index is -0.733. The quantitative estimate of drug-likeness (QED) is 0.507. The molecule has 0 aliphatic carbocycles. The summed E-state index contributed by atoms with van der Waals surface area (Å²) in [6.45, 7) is 2.98. The fraction of sp³-hybridized carbons (Fsp3) is 0.167. The molecule has 0 fully saturated rings. The Morgan fingerprint density at radius 1 is 1.09 bits per heavy atom. The fourth-order valence-electron chi connectivity index (χ4n) is 3.72. The van der Waals surface area contributed by atoms with Crippen LogP contribution in [0.2, 0.25) is 0 Å². The second-order valence-electron chi connectivity index (χ2n) is 7.52. The number of nitrogens with zero attached hydrogens (tertiary/aromatic N) is 3. The number of nitrogens with one attached hydrogen (secondary N) is 1. The van der Waals surface area contributed by atoms with Gasteiger partial charge in [0.15, 0.2) is 5.65 Å². The van der Waals surface area contributed by atoms with Crippen LogP contribution in [0.3, 0.4) is 0 Å². The number of hydrogen-bond donors (Lipinski definition) is 1. The lowest BCUT2D eigenvalue weighted by molar-refractivity contribution is -0.116. The number of aromatic nitrogens is 3. The highest BCUT2D eigenvalue weighted by Crippen LogP contribution is 2.24. The number of aryl methyl sites for hydroxylation is 2. The van der Waals surface area contributed by atoms with Crippen molar-refractivity contribution in [2.75, 3.05) is 12.4 Å². The summed E-state index contributed by atoms with van der Waals surface area (Å²) < 4.78 is 20.7. The number of hydrogen-bond acceptors (Lipinski definition) is 5. The van der Waals surface area contributed by atoms with Crippen LogP contribution in [0.5, 0.6) is 5.75 Å². The average Bonchev–Trinajstić information content (AvgIpc) is 2.78. The largest absolute Gasteiger partial charge is 0.495 e. The molecule has 0 saturated heterocycles. The summed E-state index contributed by atoms with van der Waals surface area (Å²) in [6, 6.07) is 13.8. The number of halogens is 1. The minimum Gasteiger partial charge on any atom is -0.495 e. The van der Waals surface area contributed by atoms with Gasteiger partial charge in [0.05, 0.1) is 18.2 Å². The van der Waals surface area contributed by atoms with Crippen LogP contribution in [0, 0.1) is 19.7 Å². The number of pyridine rings is 1. The zero-order chi connectivity index (χ0) is 23.7. The number of ether oxygens (including phenoxy) is 1. The molecule has 0 aliphatic heterocycles. The first-order valence-corrected chi connectivity index (χ1v) is 10.1. The molecule has 0 saturated carbocycles. The van der Waals surface area contributed by atoms with Crippen molar-refractivity contribution in [3.8, 4) is 11.4 Å². The topological polar surface area (TPSA) is 95.2 Å². The van der Waals surface area contributed by atoms with E-state index in [0.717, 1.165) is 4.57 Å². The zero-order valence-electron chi connectivity index (χ0n) is 18.3. The van der Waals surface area contributed by atoms with Crippen LogP contribution in [0.4, 0.5) is 10.1 Å². The molecule has 0 aliphatic rings. The van der Waals surface area contributed by atoms with Crippen molar-refractivity contribution >= 4 is 22.6 Å². The lowest BCUT2D eigenvalue weighted by atomic mass is 10.1. The molecule has 0 atom stereocenters. The first-order valence-electron chi connectivity index (χ1n) is 10.1. The Hall–Kier alpha value is -4.27. The highest BCUT2D eigenvalue weighted by Gasteiger charge is 2.21. The summed E-state index contributed by atoms with van der Waals surface area (Å²) in [6.07, 6.45) is 0. The van der Waals surface area contributed by atoms with E-state index in [1.54, 1.807) is 44.2 Å². The second kappa shape index (κ2) is 8.70. The van der Waals surface area contributed by atoms with Crippen molar-refractivity contribution in [3.63, 3.8) is 0 Å². The molecule has 168 valence electrons. The first-order chi connectivity index (χ1) is 15.8. The maximum absolute atomic E-state index is 13.5. The Morgan fingerprint density at radius 2 is 1.79 bits per heavy atom. The van der Waals surface area contributed by atoms with Gasteiger partial charge in [-0.1, -0.05) is 12.1 Å². The molecule has 4 rings (SSSR count). The van der Waals surface area contributed by atoms with Crippen molar-refractivity contribution in [1.82, 2.24) is 14.1 Å². The normalized spacial score (nSPS) is 10.9. The van der Waals surface area contributed by atoms with Gasteiger partial charge in [-0.15, -0.1) is 0 Å². The van der Waals surface area contributed by atoms with E-state index in [0.29, 0.717) is 28.4 Å². The average molecular weight is 448 g/mol. The summed E-state index contributed by atoms with van der Waals surface area (Å²) in [5, 5.41) is 2.79. The molecule has 9 heteroatoms. The number of methoxy groups -OCH3 is 1. The summed E-state index contributed by atoms with van der Waals surface area (Å²) in [5.41, 5.74) is 0.813. The SMILES string of the molecule is COc1ccccc1-n1c(=O)n(CC(=O)Nc2ccc(F)cc2)c(=O)c2c(C)cc(C)nc21. The fourth-order valence-corrected chi connectivity index (χ4v) is 3.72. The number of carbonyl (C=O) groups excluding carboxylic acids is 1. The van der Waals surface area contributed by atoms with Crippen molar-refractivity contribution < 1.29 is 13.9 Å². The van der Waals surface area contributed by atoms with Gasteiger partial charge in [-0.3, -0.25) is 9.59 Å². The maximum atomic E-state index is 13.5. The molecule has 2 heterocycles. The Bertz CT molecular complexity index is 1490. The number of benzene rings is 2. The van der Waals surface area contributed by atoms with Crippen molar-refractivity contribution in [2.24, 2.45) is 0 Å². The summed E-state index contributed by atoms with van der Waals surface area (Å²) in [5.74, 6) is -0.649. The van der Waals surface area contributed by atoms with Gasteiger partial charge in [-0.2, -0.15) is 0 Å². The van der Waals surface area contributed by atoms with Gasteiger partial charge in [0.25, 0.3) is 5.56 Å². The third-order valence-electron chi connectivity index (χ3n) is 5.17. The van der Waals surface area contributed by atoms with E-state index in [2.05, 4.69) is 10.3 Å². The van der Waals surface area contributed by atoms with Crippen LogP contribution in [0.1, 0.15) is 11.3 Å². The Balaban J connectivity index is 1.92. The van der Waals surface area contributed by atoms with Crippen LogP contribution >= 0.6 is 0 Å². The lowest BCUT2D eigenvalue weighted by Crippen LogP contribution is -2.42. The monoisotopic (exact) mass is 448 g/mol. The van der Waals surface area contributed by atoms with Gasteiger partial charge in [0, 0.05) is 11.4 Å². The van der Waals surface area contributed by atoms with Gasteiger partial charge in [0.2, 0.25) is 5.91 Å². The van der Waals surface area contributed by atoms with Crippen LogP contribution in [0.15, 0.2) is 64.2 Å². The molecule has 33 heavy (non-hydrogen) atoms. The number of rotatable bonds is 5. The van der Waals surface area contributed by atoms with Crippen LogP contribution in [0.25, 0.3) is 16.7 Å². The van der Waals surface area contributed by atoms with Crippen molar-refractivity contribution in [2.45, 2.75) is 20.4 Å². The molecule has 1 N–H and O–H groups in total. The molecule has 8 nitrogen and oxygen atoms in total. The molecule has 0 unspecified atom stereocenters. The van der Waals surface area contributed by atoms with E-state index in [1.807, 2.05) is 0 Å². The number of amides is 1. The summed E-state index contributed by atoms with van der Waals surface area (Å²) in [4.78, 5) is 44.0. The summed E-state index contributed by atoms with van der Waals surface area (Å²) in [7, 11) is 1.47. The molecule has 1 amide bonds. The van der Waals surface area contributed by atoms with E-state index >= 15 is 0 Å². The minimum absolute atomic E-state index is 0.183. The van der Waals surface area contributed by atoms with E-state index in [9.17, 15) is 18.8 Å². The van der Waals surface area contributed by atoms with Gasteiger partial charge < -0.3 is 10.1 Å². The third kappa shape index (κ3) is 4.12. The van der Waals surface area contributed by atoms with Crippen LogP contribution in [-0.2, 0) is 11.3 Å². The molecule has 0 bridgehead atoms. The van der Waals surface area contributed by atoms with E-state index in [-0.39, 0.29) is 11.0 Å². The number of anilines is 1. The molecular formula is C24H21FN4O4. The number of carbonyl (C=O) groups is 1. The van der Waals surface area contributed by atoms with Crippen LogP contribution in [-0.4, -0.2) is 27.1 Å². The third-order valence-corrected chi connectivity index (χ3v) is 5.17. The van der Waals surface area contributed by atoms with Gasteiger partial charge >= 0.3 is 5.69 Å². The maximum Gasteiger partial charge on any atom is 0.337 e. The molecule has 2 aromatic heterocycles. The zero-order valence-corrected chi connectivity index (χ0v) is 18.3. The predicted octanol–water partition coefficient (Wildman–Crippen LogP) is 2.95. The predicted molar refractivity (Wildman–Crippen MR) is 123 cm³/mol. The van der Waals surface area contributed by atoms with E-state index in [1.165, 1.54) is 35.9 Å². The molecule has 0 radical (unpaired) electrons. The van der Waals surface area contributed by atoms with E-state index < -0.39 is 29.5 Å². The molecule has 4 aromatic rings. The van der Waals surface area contributed by atoms with Crippen LogP contribution < -0.4 is 21.3 Å². The Kier molecular flexibility index (Phi) is 5.78. The van der Waals surface area contributed by atoms with Gasteiger partial charge in [0.1, 0.15) is 18.1 Å². The van der Waals surface area contributed by atoms with Crippen molar-refractivity contribution in [1.29, 1.82) is 0 Å². The second-order valence-corrected chi connectivity index (χ2v) is 7.52. The highest BCUT2D eigenvalue weighted by molar-refractivity contribution is 5.90. The Labute approximate surface area is 187 Å². The van der Waals surface area contributed by atoms with E-state index in [4.69, 9.17) is 4.74 Å². The molecule has 0 spiro atoms. The molecule has 2 aromatic carbocycles.